The molecule has 1 amide bonds. The number of nitrogens with one attached hydrogen (secondary N) is 1. The van der Waals surface area contributed by atoms with Gasteiger partial charge in [-0.3, -0.25) is 14.2 Å². The van der Waals surface area contributed by atoms with Crippen molar-refractivity contribution in [2.45, 2.75) is 17.6 Å². The van der Waals surface area contributed by atoms with E-state index >= 15 is 0 Å². The number of amides is 1. The maximum Gasteiger partial charge on any atom is 0.265 e. The number of fused-ring (bicyclic) bond motifs is 3. The van der Waals surface area contributed by atoms with Gasteiger partial charge in [-0.15, -0.1) is 0 Å². The van der Waals surface area contributed by atoms with Gasteiger partial charge in [0.2, 0.25) is 5.91 Å². The minimum absolute atomic E-state index is 0.119. The van der Waals surface area contributed by atoms with Gasteiger partial charge in [-0.25, -0.2) is 14.1 Å². The van der Waals surface area contributed by atoms with Crippen LogP contribution in [0.25, 0.3) is 16.7 Å². The quantitative estimate of drug-likeness (QED) is 0.449. The molecule has 0 bridgehead atoms. The summed E-state index contributed by atoms with van der Waals surface area (Å²) in [5.74, 6) is 1.21. The van der Waals surface area contributed by atoms with Crippen LogP contribution in [0, 0.1) is 5.82 Å². The van der Waals surface area contributed by atoms with Crippen LogP contribution in [-0.2, 0) is 4.79 Å². The monoisotopic (exact) mass is 479 g/mol. The van der Waals surface area contributed by atoms with E-state index in [1.807, 2.05) is 0 Å². The van der Waals surface area contributed by atoms with Crippen molar-refractivity contribution in [3.05, 3.63) is 64.8 Å². The first kappa shape index (κ1) is 20.7. The van der Waals surface area contributed by atoms with Crippen molar-refractivity contribution in [1.82, 2.24) is 19.3 Å². The van der Waals surface area contributed by atoms with E-state index in [0.29, 0.717) is 58.0 Å². The molecule has 0 saturated carbocycles. The van der Waals surface area contributed by atoms with E-state index in [9.17, 15) is 14.0 Å². The van der Waals surface area contributed by atoms with E-state index in [1.54, 1.807) is 34.9 Å². The number of aromatic nitrogens is 4. The molecular formula is C23H18FN5O4S. The molecule has 4 aromatic rings. The molecule has 0 spiro atoms. The summed E-state index contributed by atoms with van der Waals surface area (Å²) in [4.78, 5) is 30.7. The van der Waals surface area contributed by atoms with Gasteiger partial charge in [0, 0.05) is 23.9 Å². The van der Waals surface area contributed by atoms with Gasteiger partial charge in [0.25, 0.3) is 5.56 Å². The first-order valence-electron chi connectivity index (χ1n) is 10.7. The third kappa shape index (κ3) is 3.58. The number of thioether (sulfide) groups is 1. The van der Waals surface area contributed by atoms with Crippen LogP contribution in [0.1, 0.15) is 12.5 Å². The van der Waals surface area contributed by atoms with Crippen molar-refractivity contribution in [3.63, 3.8) is 0 Å². The number of nitrogens with zero attached hydrogens (tertiary/aromatic N) is 4. The lowest BCUT2D eigenvalue weighted by Crippen LogP contribution is -2.27. The molecule has 0 saturated heterocycles. The van der Waals surface area contributed by atoms with E-state index in [2.05, 4.69) is 15.4 Å². The Morgan fingerprint density at radius 2 is 1.94 bits per heavy atom. The molecule has 2 aromatic heterocycles. The Bertz CT molecular complexity index is 1480. The Morgan fingerprint density at radius 1 is 1.15 bits per heavy atom. The largest absolute Gasteiger partial charge is 0.486 e. The molecule has 1 unspecified atom stereocenters. The molecule has 2 aliphatic rings. The van der Waals surface area contributed by atoms with Crippen LogP contribution in [-0.4, -0.2) is 44.2 Å². The highest BCUT2D eigenvalue weighted by molar-refractivity contribution is 7.99. The fourth-order valence-electron chi connectivity index (χ4n) is 4.10. The number of hydrogen-bond acceptors (Lipinski definition) is 7. The Hall–Kier alpha value is -3.86. The SMILES string of the molecule is O=C(CC1CSc2nc3c(cnn3-c3ccc(F)cc3)c(=O)n21)Nc1ccc2c(c1)OCCO2. The maximum absolute atomic E-state index is 13.3. The molecule has 0 fully saturated rings. The predicted octanol–water partition coefficient (Wildman–Crippen LogP) is 3.17. The molecule has 172 valence electrons. The van der Waals surface area contributed by atoms with E-state index in [4.69, 9.17) is 9.47 Å². The molecule has 1 N–H and O–H groups in total. The smallest absolute Gasteiger partial charge is 0.265 e. The Kier molecular flexibility index (Phi) is 4.98. The van der Waals surface area contributed by atoms with E-state index < -0.39 is 0 Å². The number of hydrogen-bond donors (Lipinski definition) is 1. The third-order valence-corrected chi connectivity index (χ3v) is 6.79. The van der Waals surface area contributed by atoms with Gasteiger partial charge in [-0.05, 0) is 36.4 Å². The second-order valence-corrected chi connectivity index (χ2v) is 8.90. The van der Waals surface area contributed by atoms with Crippen LogP contribution in [0.4, 0.5) is 10.1 Å². The van der Waals surface area contributed by atoms with Crippen LogP contribution < -0.4 is 20.3 Å². The summed E-state index contributed by atoms with van der Waals surface area (Å²) in [6.07, 6.45) is 1.57. The number of benzene rings is 2. The highest BCUT2D eigenvalue weighted by Crippen LogP contribution is 2.35. The average molecular weight is 479 g/mol. The van der Waals surface area contributed by atoms with Gasteiger partial charge in [-0.1, -0.05) is 11.8 Å². The molecule has 0 radical (unpaired) electrons. The Labute approximate surface area is 196 Å². The topological polar surface area (TPSA) is 100 Å². The number of carbonyl (C=O) groups excluding carboxylic acids is 1. The summed E-state index contributed by atoms with van der Waals surface area (Å²) in [6.45, 7) is 0.957. The van der Waals surface area contributed by atoms with Crippen LogP contribution in [0.3, 0.4) is 0 Å². The molecule has 4 heterocycles. The number of anilines is 1. The normalized spacial score (nSPS) is 16.4. The molecule has 2 aromatic carbocycles. The first-order valence-corrected chi connectivity index (χ1v) is 11.6. The van der Waals surface area contributed by atoms with Crippen molar-refractivity contribution >= 4 is 34.4 Å². The number of halogens is 1. The number of carbonyl (C=O) groups is 1. The summed E-state index contributed by atoms with van der Waals surface area (Å²) < 4.78 is 27.4. The van der Waals surface area contributed by atoms with Crippen LogP contribution >= 0.6 is 11.8 Å². The maximum atomic E-state index is 13.3. The van der Waals surface area contributed by atoms with Gasteiger partial charge >= 0.3 is 0 Å². The average Bonchev–Trinajstić information content (AvgIpc) is 3.44. The van der Waals surface area contributed by atoms with Crippen molar-refractivity contribution in [2.75, 3.05) is 24.3 Å². The molecule has 0 aliphatic carbocycles. The standard InChI is InChI=1S/C23H18FN5O4S/c24-13-1-4-15(5-2-13)29-21-17(11-25-29)22(31)28-16(12-34-23(28)27-21)10-20(30)26-14-3-6-18-19(9-14)33-8-7-32-18/h1-6,9,11,16H,7-8,10,12H2,(H,26,30). The number of ether oxygens (including phenoxy) is 2. The highest BCUT2D eigenvalue weighted by Gasteiger charge is 2.29. The molecule has 1 atom stereocenters. The first-order chi connectivity index (χ1) is 16.6. The second kappa shape index (κ2) is 8.17. The molecule has 9 nitrogen and oxygen atoms in total. The molecule has 6 rings (SSSR count). The summed E-state index contributed by atoms with van der Waals surface area (Å²) in [6, 6.07) is 10.7. The van der Waals surface area contributed by atoms with Crippen LogP contribution in [0.5, 0.6) is 11.5 Å². The molecule has 34 heavy (non-hydrogen) atoms. The van der Waals surface area contributed by atoms with Crippen molar-refractivity contribution in [3.8, 4) is 17.2 Å². The van der Waals surface area contributed by atoms with Crippen molar-refractivity contribution < 1.29 is 18.7 Å². The third-order valence-electron chi connectivity index (χ3n) is 5.69. The lowest BCUT2D eigenvalue weighted by atomic mass is 10.2. The van der Waals surface area contributed by atoms with E-state index in [0.717, 1.165) is 0 Å². The van der Waals surface area contributed by atoms with Gasteiger partial charge in [0.1, 0.15) is 24.4 Å². The van der Waals surface area contributed by atoms with Gasteiger partial charge in [0.15, 0.2) is 22.3 Å². The van der Waals surface area contributed by atoms with E-state index in [1.165, 1.54) is 34.8 Å². The molecule has 11 heteroatoms. The zero-order valence-corrected chi connectivity index (χ0v) is 18.5. The molecule has 2 aliphatic heterocycles. The minimum atomic E-state index is -0.359. The van der Waals surface area contributed by atoms with Crippen molar-refractivity contribution in [2.24, 2.45) is 0 Å². The summed E-state index contributed by atoms with van der Waals surface area (Å²) >= 11 is 1.42. The van der Waals surface area contributed by atoms with Crippen LogP contribution in [0.2, 0.25) is 0 Å². The van der Waals surface area contributed by atoms with Gasteiger partial charge in [-0.2, -0.15) is 5.10 Å². The minimum Gasteiger partial charge on any atom is -0.486 e. The second-order valence-electron chi connectivity index (χ2n) is 7.92. The van der Waals surface area contributed by atoms with Crippen LogP contribution in [0.15, 0.2) is 58.6 Å². The highest BCUT2D eigenvalue weighted by atomic mass is 32.2. The summed E-state index contributed by atoms with van der Waals surface area (Å²) in [5.41, 5.74) is 1.35. The fourth-order valence-corrected chi connectivity index (χ4v) is 5.23. The zero-order valence-electron chi connectivity index (χ0n) is 17.7. The molecular weight excluding hydrogens is 461 g/mol. The van der Waals surface area contributed by atoms with E-state index in [-0.39, 0.29) is 29.7 Å². The summed E-state index contributed by atoms with van der Waals surface area (Å²) in [7, 11) is 0. The Balaban J connectivity index is 1.25. The fraction of sp³-hybridized carbons (Fsp3) is 0.217. The predicted molar refractivity (Wildman–Crippen MR) is 124 cm³/mol. The lowest BCUT2D eigenvalue weighted by molar-refractivity contribution is -0.116. The van der Waals surface area contributed by atoms with Gasteiger partial charge < -0.3 is 14.8 Å². The van der Waals surface area contributed by atoms with Crippen molar-refractivity contribution in [1.29, 1.82) is 0 Å². The van der Waals surface area contributed by atoms with Gasteiger partial charge in [0.05, 0.1) is 17.9 Å². The number of rotatable bonds is 4. The lowest BCUT2D eigenvalue weighted by Gasteiger charge is -2.19. The Morgan fingerprint density at radius 3 is 2.76 bits per heavy atom. The zero-order chi connectivity index (χ0) is 23.2. The summed E-state index contributed by atoms with van der Waals surface area (Å²) in [5, 5.41) is 8.02.